The van der Waals surface area contributed by atoms with E-state index in [0.717, 1.165) is 24.6 Å². The molecule has 7 nitrogen and oxygen atoms in total. The first-order valence-corrected chi connectivity index (χ1v) is 17.8. The van der Waals surface area contributed by atoms with Crippen molar-refractivity contribution in [3.05, 3.63) is 12.2 Å². The molecule has 10 heteroatoms. The fourth-order valence-corrected chi connectivity index (χ4v) is 15.4. The van der Waals surface area contributed by atoms with Crippen molar-refractivity contribution in [2.75, 3.05) is 41.2 Å². The molecule has 0 bridgehead atoms. The van der Waals surface area contributed by atoms with Gasteiger partial charge in [-0.05, 0) is 51.6 Å². The van der Waals surface area contributed by atoms with Crippen LogP contribution < -0.4 is 0 Å². The van der Waals surface area contributed by atoms with E-state index in [2.05, 4.69) is 32.8 Å². The molecule has 0 heterocycles. The summed E-state index contributed by atoms with van der Waals surface area (Å²) in [5, 5.41) is 0. The molecule has 0 saturated heterocycles. The Morgan fingerprint density at radius 1 is 0.821 bits per heavy atom. The van der Waals surface area contributed by atoms with Crippen LogP contribution in [0.3, 0.4) is 0 Å². The van der Waals surface area contributed by atoms with Gasteiger partial charge in [0, 0.05) is 39.6 Å². The molecule has 0 atom stereocenters. The fraction of sp³-hybridized carbons (Fsp3) is 0.833. The van der Waals surface area contributed by atoms with Crippen molar-refractivity contribution in [1.82, 2.24) is 0 Å². The Labute approximate surface area is 174 Å². The van der Waals surface area contributed by atoms with Crippen LogP contribution >= 0.6 is 0 Å². The number of ether oxygens (including phenoxy) is 2. The zero-order valence-electron chi connectivity index (χ0n) is 19.0. The average molecular weight is 453 g/mol. The number of rotatable bonds is 16. The van der Waals surface area contributed by atoms with Crippen LogP contribution in [0.5, 0.6) is 0 Å². The van der Waals surface area contributed by atoms with Crippen LogP contribution in [0.15, 0.2) is 12.2 Å². The normalized spacial score (nSPS) is 12.9. The molecule has 0 radical (unpaired) electrons. The lowest BCUT2D eigenvalue weighted by molar-refractivity contribution is -0.140. The van der Waals surface area contributed by atoms with Crippen molar-refractivity contribution in [1.29, 1.82) is 0 Å². The minimum absolute atomic E-state index is 0.257. The summed E-state index contributed by atoms with van der Waals surface area (Å²) in [6, 6.07) is 2.73. The summed E-state index contributed by atoms with van der Waals surface area (Å²) in [5.41, 5.74) is 0.401. The summed E-state index contributed by atoms with van der Waals surface area (Å²) in [6.07, 6.45) is 0.936. The van der Waals surface area contributed by atoms with E-state index < -0.39 is 25.4 Å². The van der Waals surface area contributed by atoms with E-state index in [0.29, 0.717) is 18.8 Å². The SMILES string of the molecule is C=C(C)C(=O)OCCOCCC[Si](C)(C)O[Si](C)(C)CC[Si](OC)(OC)OC. The van der Waals surface area contributed by atoms with Gasteiger partial charge in [0.05, 0.1) is 6.61 Å². The molecule has 0 aliphatic heterocycles. The molecule has 0 aromatic carbocycles. The van der Waals surface area contributed by atoms with Gasteiger partial charge >= 0.3 is 14.8 Å². The summed E-state index contributed by atoms with van der Waals surface area (Å²) in [7, 11) is -1.26. The third-order valence-electron chi connectivity index (χ3n) is 4.40. The Hall–Kier alpha value is -0.339. The van der Waals surface area contributed by atoms with Gasteiger partial charge in [-0.3, -0.25) is 0 Å². The quantitative estimate of drug-likeness (QED) is 0.153. The molecule has 0 spiro atoms. The van der Waals surface area contributed by atoms with Crippen LogP contribution in [0.2, 0.25) is 44.3 Å². The first-order chi connectivity index (χ1) is 12.9. The predicted molar refractivity (Wildman–Crippen MR) is 118 cm³/mol. The molecule has 0 fully saturated rings. The highest BCUT2D eigenvalue weighted by Gasteiger charge is 2.41. The Bertz CT molecular complexity index is 472. The van der Waals surface area contributed by atoms with E-state index in [9.17, 15) is 4.79 Å². The van der Waals surface area contributed by atoms with Gasteiger partial charge in [-0.15, -0.1) is 0 Å². The van der Waals surface area contributed by atoms with Crippen LogP contribution in [-0.2, 0) is 31.7 Å². The van der Waals surface area contributed by atoms with Crippen molar-refractivity contribution in [3.63, 3.8) is 0 Å². The van der Waals surface area contributed by atoms with Gasteiger partial charge in [0.2, 0.25) is 0 Å². The van der Waals surface area contributed by atoms with Gasteiger partial charge in [0.15, 0.2) is 16.6 Å². The second-order valence-electron chi connectivity index (χ2n) is 8.05. The second kappa shape index (κ2) is 13.1. The maximum absolute atomic E-state index is 11.3. The number of esters is 1. The van der Waals surface area contributed by atoms with Crippen LogP contribution in [0, 0.1) is 0 Å². The van der Waals surface area contributed by atoms with Crippen LogP contribution in [-0.4, -0.2) is 72.6 Å². The van der Waals surface area contributed by atoms with Crippen molar-refractivity contribution in [2.24, 2.45) is 0 Å². The average Bonchev–Trinajstić information content (AvgIpc) is 2.61. The van der Waals surface area contributed by atoms with Crippen molar-refractivity contribution >= 4 is 31.4 Å². The van der Waals surface area contributed by atoms with Crippen LogP contribution in [0.4, 0.5) is 0 Å². The van der Waals surface area contributed by atoms with Gasteiger partial charge in [0.1, 0.15) is 6.61 Å². The summed E-state index contributed by atoms with van der Waals surface area (Å²) in [4.78, 5) is 11.3. The third-order valence-corrected chi connectivity index (χ3v) is 15.1. The predicted octanol–water partition coefficient (Wildman–Crippen LogP) is 3.82. The van der Waals surface area contributed by atoms with Crippen molar-refractivity contribution in [3.8, 4) is 0 Å². The van der Waals surface area contributed by atoms with Crippen molar-refractivity contribution < 1.29 is 31.7 Å². The van der Waals surface area contributed by atoms with Crippen LogP contribution in [0.1, 0.15) is 13.3 Å². The van der Waals surface area contributed by atoms with Gasteiger partial charge in [-0.25, -0.2) is 4.79 Å². The second-order valence-corrected chi connectivity index (χ2v) is 20.0. The van der Waals surface area contributed by atoms with Crippen molar-refractivity contribution in [2.45, 2.75) is 57.7 Å². The molecule has 0 N–H and O–H groups in total. The largest absolute Gasteiger partial charge is 0.499 e. The van der Waals surface area contributed by atoms with Crippen LogP contribution in [0.25, 0.3) is 0 Å². The molecular weight excluding hydrogens is 412 g/mol. The van der Waals surface area contributed by atoms with Gasteiger partial charge in [-0.2, -0.15) is 0 Å². The van der Waals surface area contributed by atoms with E-state index in [1.165, 1.54) is 0 Å². The molecule has 166 valence electrons. The molecule has 0 unspecified atom stereocenters. The molecule has 28 heavy (non-hydrogen) atoms. The standard InChI is InChI=1S/C18H40O7Si3/c1-17(2)18(19)24-13-12-23-11-10-14-26(6,7)25-27(8,9)15-16-28(20-3,21-4)22-5/h1,10-16H2,2-9H3. The Kier molecular flexibility index (Phi) is 12.9. The Morgan fingerprint density at radius 3 is 1.86 bits per heavy atom. The summed E-state index contributed by atoms with van der Waals surface area (Å²) < 4.78 is 33.8. The number of carbonyl (C=O) groups excluding carboxylic acids is 1. The maximum Gasteiger partial charge on any atom is 0.499 e. The third kappa shape index (κ3) is 11.6. The molecule has 0 aromatic heterocycles. The maximum atomic E-state index is 11.3. The lowest BCUT2D eigenvalue weighted by Gasteiger charge is -2.35. The molecule has 0 amide bonds. The topological polar surface area (TPSA) is 72.5 Å². The molecule has 0 rings (SSSR count). The summed E-state index contributed by atoms with van der Waals surface area (Å²) in [6.45, 7) is 15.5. The number of hydrogen-bond donors (Lipinski definition) is 0. The number of hydrogen-bond acceptors (Lipinski definition) is 7. The lowest BCUT2D eigenvalue weighted by atomic mass is 10.4. The Morgan fingerprint density at radius 2 is 1.36 bits per heavy atom. The Balaban J connectivity index is 4.19. The van der Waals surface area contributed by atoms with E-state index in [1.54, 1.807) is 28.3 Å². The van der Waals surface area contributed by atoms with Gasteiger partial charge in [-0.1, -0.05) is 6.58 Å². The van der Waals surface area contributed by atoms with Gasteiger partial charge in [0.25, 0.3) is 0 Å². The first-order valence-electron chi connectivity index (χ1n) is 9.68. The number of carbonyl (C=O) groups is 1. The highest BCUT2D eigenvalue weighted by molar-refractivity contribution is 6.85. The summed E-state index contributed by atoms with van der Waals surface area (Å²) >= 11 is 0. The van der Waals surface area contributed by atoms with E-state index in [-0.39, 0.29) is 12.6 Å². The fourth-order valence-electron chi connectivity index (χ4n) is 2.88. The smallest absolute Gasteiger partial charge is 0.460 e. The zero-order valence-corrected chi connectivity index (χ0v) is 22.0. The van der Waals surface area contributed by atoms with E-state index >= 15 is 0 Å². The molecular formula is C18H40O7Si3. The monoisotopic (exact) mass is 452 g/mol. The molecule has 0 aliphatic carbocycles. The molecule has 0 aromatic rings. The highest BCUT2D eigenvalue weighted by atomic mass is 28.4. The van der Waals surface area contributed by atoms with Gasteiger partial charge < -0.3 is 26.9 Å². The zero-order chi connectivity index (χ0) is 21.8. The highest BCUT2D eigenvalue weighted by Crippen LogP contribution is 2.27. The lowest BCUT2D eigenvalue weighted by Crippen LogP contribution is -2.48. The minimum Gasteiger partial charge on any atom is -0.460 e. The van der Waals surface area contributed by atoms with E-state index in [4.69, 9.17) is 26.9 Å². The minimum atomic E-state index is -2.55. The van der Waals surface area contributed by atoms with E-state index in [1.807, 2.05) is 0 Å². The molecule has 0 aliphatic rings. The first kappa shape index (κ1) is 27.7. The summed E-state index contributed by atoms with van der Waals surface area (Å²) in [5.74, 6) is -0.375. The molecule has 0 saturated carbocycles.